The number of aliphatic hydroxyl groups excluding tert-OH is 1. The van der Waals surface area contributed by atoms with E-state index >= 15 is 0 Å². The van der Waals surface area contributed by atoms with Crippen LogP contribution in [-0.2, 0) is 11.3 Å². The molecular formula is C14H15N3O2. The first-order valence-corrected chi connectivity index (χ1v) is 6.26. The highest BCUT2D eigenvalue weighted by atomic mass is 16.3. The van der Waals surface area contributed by atoms with Crippen LogP contribution in [0.5, 0.6) is 0 Å². The number of amides is 1. The van der Waals surface area contributed by atoms with Gasteiger partial charge in [-0.2, -0.15) is 0 Å². The summed E-state index contributed by atoms with van der Waals surface area (Å²) in [5.74, 6) is 0.801. The topological polar surface area (TPSA) is 58.4 Å². The second-order valence-electron chi connectivity index (χ2n) is 4.70. The van der Waals surface area contributed by atoms with Crippen molar-refractivity contribution < 1.29 is 9.90 Å². The number of hydrogen-bond donors (Lipinski definition) is 1. The Hall–Kier alpha value is -2.14. The van der Waals surface area contributed by atoms with Crippen LogP contribution >= 0.6 is 0 Å². The standard InChI is InChI=1S/C14H15N3O2/c18-12-8-17(9-12)13(19)10-16-7-6-15-14(16)11-4-2-1-3-5-11/h1-7,12,18H,8-10H2. The summed E-state index contributed by atoms with van der Waals surface area (Å²) in [5, 5.41) is 9.21. The van der Waals surface area contributed by atoms with E-state index in [2.05, 4.69) is 4.98 Å². The molecule has 0 saturated carbocycles. The minimum atomic E-state index is -0.361. The normalized spacial score (nSPS) is 15.3. The van der Waals surface area contributed by atoms with Crippen molar-refractivity contribution in [1.82, 2.24) is 14.5 Å². The molecule has 1 aromatic carbocycles. The summed E-state index contributed by atoms with van der Waals surface area (Å²) in [7, 11) is 0. The molecule has 1 aromatic heterocycles. The lowest BCUT2D eigenvalue weighted by atomic mass is 10.1. The van der Waals surface area contributed by atoms with Gasteiger partial charge in [0.05, 0.1) is 6.10 Å². The summed E-state index contributed by atoms with van der Waals surface area (Å²) in [5.41, 5.74) is 0.990. The molecule has 0 spiro atoms. The van der Waals surface area contributed by atoms with E-state index < -0.39 is 0 Å². The van der Waals surface area contributed by atoms with Gasteiger partial charge in [-0.1, -0.05) is 30.3 Å². The smallest absolute Gasteiger partial charge is 0.242 e. The lowest BCUT2D eigenvalue weighted by Gasteiger charge is -2.36. The van der Waals surface area contributed by atoms with E-state index in [1.54, 1.807) is 17.3 Å². The fraction of sp³-hybridized carbons (Fsp3) is 0.286. The highest BCUT2D eigenvalue weighted by Crippen LogP contribution is 2.17. The number of aromatic nitrogens is 2. The van der Waals surface area contributed by atoms with Crippen molar-refractivity contribution >= 4 is 5.91 Å². The lowest BCUT2D eigenvalue weighted by Crippen LogP contribution is -2.54. The minimum absolute atomic E-state index is 0.0143. The zero-order chi connectivity index (χ0) is 13.2. The molecule has 5 nitrogen and oxygen atoms in total. The molecule has 1 aliphatic heterocycles. The van der Waals surface area contributed by atoms with Crippen molar-refractivity contribution in [1.29, 1.82) is 0 Å². The second-order valence-corrected chi connectivity index (χ2v) is 4.70. The Kier molecular flexibility index (Phi) is 3.05. The molecular weight excluding hydrogens is 242 g/mol. The average molecular weight is 257 g/mol. The molecule has 0 unspecified atom stereocenters. The molecule has 1 saturated heterocycles. The van der Waals surface area contributed by atoms with E-state index in [1.165, 1.54) is 0 Å². The third-order valence-corrected chi connectivity index (χ3v) is 3.27. The van der Waals surface area contributed by atoms with Crippen LogP contribution in [0.25, 0.3) is 11.4 Å². The molecule has 1 fully saturated rings. The molecule has 1 amide bonds. The first kappa shape index (κ1) is 11.9. The van der Waals surface area contributed by atoms with Gasteiger partial charge in [0, 0.05) is 31.0 Å². The van der Waals surface area contributed by atoms with Crippen molar-refractivity contribution in [3.8, 4) is 11.4 Å². The quantitative estimate of drug-likeness (QED) is 0.883. The number of likely N-dealkylation sites (tertiary alicyclic amines) is 1. The van der Waals surface area contributed by atoms with Gasteiger partial charge < -0.3 is 14.6 Å². The zero-order valence-corrected chi connectivity index (χ0v) is 10.4. The monoisotopic (exact) mass is 257 g/mol. The molecule has 98 valence electrons. The van der Waals surface area contributed by atoms with E-state index in [9.17, 15) is 9.90 Å². The number of β-amino-alcohol motifs (C(OH)–C–C–N with tert-alkyl or cyclic N) is 1. The Morgan fingerprint density at radius 3 is 2.74 bits per heavy atom. The first-order chi connectivity index (χ1) is 9.24. The van der Waals surface area contributed by atoms with E-state index in [1.807, 2.05) is 34.9 Å². The molecule has 0 atom stereocenters. The predicted molar refractivity (Wildman–Crippen MR) is 70.2 cm³/mol. The Morgan fingerprint density at radius 1 is 1.32 bits per heavy atom. The van der Waals surface area contributed by atoms with Gasteiger partial charge in [0.2, 0.25) is 5.91 Å². The largest absolute Gasteiger partial charge is 0.389 e. The van der Waals surface area contributed by atoms with Gasteiger partial charge in [0.15, 0.2) is 0 Å². The van der Waals surface area contributed by atoms with Crippen molar-refractivity contribution in [2.75, 3.05) is 13.1 Å². The first-order valence-electron chi connectivity index (χ1n) is 6.26. The predicted octanol–water partition coefficient (Wildman–Crippen LogP) is 0.753. The highest BCUT2D eigenvalue weighted by Gasteiger charge is 2.28. The summed E-state index contributed by atoms with van der Waals surface area (Å²) in [4.78, 5) is 17.9. The number of aliphatic hydroxyl groups is 1. The molecule has 3 rings (SSSR count). The number of benzene rings is 1. The fourth-order valence-electron chi connectivity index (χ4n) is 2.19. The Labute approximate surface area is 111 Å². The third-order valence-electron chi connectivity index (χ3n) is 3.27. The summed E-state index contributed by atoms with van der Waals surface area (Å²) >= 11 is 0. The molecule has 1 N–H and O–H groups in total. The summed E-state index contributed by atoms with van der Waals surface area (Å²) < 4.78 is 1.84. The van der Waals surface area contributed by atoms with Crippen LogP contribution in [0.3, 0.4) is 0 Å². The molecule has 0 bridgehead atoms. The van der Waals surface area contributed by atoms with Crippen LogP contribution in [0.4, 0.5) is 0 Å². The summed E-state index contributed by atoms with van der Waals surface area (Å²) in [6.07, 6.45) is 3.14. The maximum atomic E-state index is 12.0. The van der Waals surface area contributed by atoms with Gasteiger partial charge in [-0.05, 0) is 0 Å². The van der Waals surface area contributed by atoms with Crippen LogP contribution in [-0.4, -0.2) is 44.7 Å². The Bertz CT molecular complexity index is 573. The van der Waals surface area contributed by atoms with Crippen molar-refractivity contribution in [2.45, 2.75) is 12.6 Å². The summed E-state index contributed by atoms with van der Waals surface area (Å²) in [6, 6.07) is 9.78. The van der Waals surface area contributed by atoms with Crippen LogP contribution in [0.1, 0.15) is 0 Å². The molecule has 0 aliphatic carbocycles. The molecule has 5 heteroatoms. The van der Waals surface area contributed by atoms with Crippen LogP contribution in [0.2, 0.25) is 0 Å². The van der Waals surface area contributed by atoms with Crippen molar-refractivity contribution in [2.24, 2.45) is 0 Å². The van der Waals surface area contributed by atoms with E-state index in [4.69, 9.17) is 0 Å². The van der Waals surface area contributed by atoms with Gasteiger partial charge >= 0.3 is 0 Å². The Morgan fingerprint density at radius 2 is 2.05 bits per heavy atom. The Balaban J connectivity index is 1.76. The van der Waals surface area contributed by atoms with Crippen LogP contribution in [0.15, 0.2) is 42.7 Å². The number of carbonyl (C=O) groups is 1. The molecule has 1 aliphatic rings. The zero-order valence-electron chi connectivity index (χ0n) is 10.4. The number of carbonyl (C=O) groups excluding carboxylic acids is 1. The van der Waals surface area contributed by atoms with Crippen molar-refractivity contribution in [3.63, 3.8) is 0 Å². The second kappa shape index (κ2) is 4.85. The fourth-order valence-corrected chi connectivity index (χ4v) is 2.19. The molecule has 2 heterocycles. The van der Waals surface area contributed by atoms with Gasteiger partial charge in [-0.3, -0.25) is 4.79 Å². The van der Waals surface area contributed by atoms with Gasteiger partial charge in [-0.15, -0.1) is 0 Å². The molecule has 0 radical (unpaired) electrons. The van der Waals surface area contributed by atoms with Gasteiger partial charge in [-0.25, -0.2) is 4.98 Å². The maximum Gasteiger partial charge on any atom is 0.242 e. The number of rotatable bonds is 3. The van der Waals surface area contributed by atoms with Crippen LogP contribution in [0, 0.1) is 0 Å². The van der Waals surface area contributed by atoms with Crippen LogP contribution < -0.4 is 0 Å². The van der Waals surface area contributed by atoms with E-state index in [0.717, 1.165) is 11.4 Å². The highest BCUT2D eigenvalue weighted by molar-refractivity contribution is 5.77. The van der Waals surface area contributed by atoms with E-state index in [0.29, 0.717) is 13.1 Å². The van der Waals surface area contributed by atoms with Gasteiger partial charge in [0.1, 0.15) is 12.4 Å². The van der Waals surface area contributed by atoms with E-state index in [-0.39, 0.29) is 18.6 Å². The van der Waals surface area contributed by atoms with Gasteiger partial charge in [0.25, 0.3) is 0 Å². The molecule has 19 heavy (non-hydrogen) atoms. The third kappa shape index (κ3) is 2.37. The summed E-state index contributed by atoms with van der Waals surface area (Å²) in [6.45, 7) is 1.14. The number of imidazole rings is 1. The average Bonchev–Trinajstić information content (AvgIpc) is 2.84. The molecule has 2 aromatic rings. The minimum Gasteiger partial charge on any atom is -0.389 e. The number of hydrogen-bond acceptors (Lipinski definition) is 3. The maximum absolute atomic E-state index is 12.0. The van der Waals surface area contributed by atoms with Crippen molar-refractivity contribution in [3.05, 3.63) is 42.7 Å². The lowest BCUT2D eigenvalue weighted by molar-refractivity contribution is -0.141. The SMILES string of the molecule is O=C(Cn1ccnc1-c1ccccc1)N1CC(O)C1. The number of nitrogens with zero attached hydrogens (tertiary/aromatic N) is 3.